The second kappa shape index (κ2) is 5.78. The number of carbonyl (C=O) groups excluding carboxylic acids is 1. The fraction of sp³-hybridized carbons (Fsp3) is 0.667. The molecular formula is C15H22ClN3O. The zero-order valence-corrected chi connectivity index (χ0v) is 12.7. The number of hydrogen-bond donors (Lipinski definition) is 1. The SMILES string of the molecule is Cn1cc(Cl)cc1C(=O)N(CC1CCNCC1)C1CC1. The van der Waals surface area contributed by atoms with E-state index in [-0.39, 0.29) is 5.91 Å². The summed E-state index contributed by atoms with van der Waals surface area (Å²) >= 11 is 6.00. The average Bonchev–Trinajstić information content (AvgIpc) is 3.22. The van der Waals surface area contributed by atoms with Crippen molar-refractivity contribution in [2.75, 3.05) is 19.6 Å². The van der Waals surface area contributed by atoms with Gasteiger partial charge in [-0.25, -0.2) is 0 Å². The van der Waals surface area contributed by atoms with E-state index in [2.05, 4.69) is 10.2 Å². The van der Waals surface area contributed by atoms with Gasteiger partial charge < -0.3 is 14.8 Å². The topological polar surface area (TPSA) is 37.3 Å². The molecule has 1 amide bonds. The first-order valence-corrected chi connectivity index (χ1v) is 7.86. The number of piperidine rings is 1. The molecule has 110 valence electrons. The minimum Gasteiger partial charge on any atom is -0.345 e. The molecule has 2 heterocycles. The number of aromatic nitrogens is 1. The van der Waals surface area contributed by atoms with Gasteiger partial charge in [0.15, 0.2) is 0 Å². The smallest absolute Gasteiger partial charge is 0.270 e. The van der Waals surface area contributed by atoms with Crippen LogP contribution in [0.5, 0.6) is 0 Å². The van der Waals surface area contributed by atoms with Crippen molar-refractivity contribution in [3.05, 3.63) is 23.0 Å². The molecule has 3 rings (SSSR count). The van der Waals surface area contributed by atoms with Crippen LogP contribution in [0.4, 0.5) is 0 Å². The molecule has 2 aliphatic rings. The van der Waals surface area contributed by atoms with Crippen LogP contribution < -0.4 is 5.32 Å². The Hall–Kier alpha value is -1.00. The molecule has 0 atom stereocenters. The van der Waals surface area contributed by atoms with Crippen molar-refractivity contribution in [3.8, 4) is 0 Å². The van der Waals surface area contributed by atoms with Crippen LogP contribution in [0.2, 0.25) is 5.02 Å². The van der Waals surface area contributed by atoms with Crippen molar-refractivity contribution in [1.82, 2.24) is 14.8 Å². The number of aryl methyl sites for hydroxylation is 1. The number of rotatable bonds is 4. The molecule has 20 heavy (non-hydrogen) atoms. The zero-order chi connectivity index (χ0) is 14.1. The van der Waals surface area contributed by atoms with Crippen LogP contribution >= 0.6 is 11.6 Å². The van der Waals surface area contributed by atoms with Gasteiger partial charge in [-0.15, -0.1) is 0 Å². The minimum absolute atomic E-state index is 0.139. The van der Waals surface area contributed by atoms with Crippen LogP contribution in [-0.2, 0) is 7.05 Å². The molecule has 0 aromatic carbocycles. The number of nitrogens with one attached hydrogen (secondary N) is 1. The van der Waals surface area contributed by atoms with E-state index in [9.17, 15) is 4.79 Å². The second-order valence-corrected chi connectivity index (χ2v) is 6.47. The molecule has 5 heteroatoms. The maximum absolute atomic E-state index is 12.8. The van der Waals surface area contributed by atoms with E-state index in [4.69, 9.17) is 11.6 Å². The molecule has 1 aromatic heterocycles. The van der Waals surface area contributed by atoms with Crippen LogP contribution in [0.15, 0.2) is 12.3 Å². The van der Waals surface area contributed by atoms with Crippen LogP contribution in [0.1, 0.15) is 36.2 Å². The van der Waals surface area contributed by atoms with Crippen LogP contribution in [0.3, 0.4) is 0 Å². The van der Waals surface area contributed by atoms with E-state index in [1.807, 2.05) is 11.6 Å². The summed E-state index contributed by atoms with van der Waals surface area (Å²) < 4.78 is 1.84. The molecule has 1 aromatic rings. The second-order valence-electron chi connectivity index (χ2n) is 6.04. The fourth-order valence-corrected chi connectivity index (χ4v) is 3.26. The summed E-state index contributed by atoms with van der Waals surface area (Å²) in [5, 5.41) is 4.01. The van der Waals surface area contributed by atoms with E-state index in [1.165, 1.54) is 12.8 Å². The molecule has 1 saturated carbocycles. The first-order chi connectivity index (χ1) is 9.65. The van der Waals surface area contributed by atoms with Crippen molar-refractivity contribution in [3.63, 3.8) is 0 Å². The molecule has 1 aliphatic heterocycles. The van der Waals surface area contributed by atoms with Crippen molar-refractivity contribution in [2.24, 2.45) is 13.0 Å². The molecule has 1 saturated heterocycles. The van der Waals surface area contributed by atoms with Crippen molar-refractivity contribution in [1.29, 1.82) is 0 Å². The summed E-state index contributed by atoms with van der Waals surface area (Å²) in [4.78, 5) is 14.8. The lowest BCUT2D eigenvalue weighted by molar-refractivity contribution is 0.0692. The van der Waals surface area contributed by atoms with Gasteiger partial charge >= 0.3 is 0 Å². The maximum atomic E-state index is 12.8. The van der Waals surface area contributed by atoms with Crippen LogP contribution in [0.25, 0.3) is 0 Å². The summed E-state index contributed by atoms with van der Waals surface area (Å²) in [6.07, 6.45) is 6.43. The van der Waals surface area contributed by atoms with Gasteiger partial charge in [0, 0.05) is 25.8 Å². The van der Waals surface area contributed by atoms with Gasteiger partial charge in [0.1, 0.15) is 5.69 Å². The quantitative estimate of drug-likeness (QED) is 0.925. The first kappa shape index (κ1) is 14.0. The predicted octanol–water partition coefficient (Wildman–Crippen LogP) is 2.28. The third-order valence-corrected chi connectivity index (χ3v) is 4.56. The van der Waals surface area contributed by atoms with Gasteiger partial charge in [0.25, 0.3) is 5.91 Å². The third kappa shape index (κ3) is 3.01. The number of carbonyl (C=O) groups is 1. The molecular weight excluding hydrogens is 274 g/mol. The monoisotopic (exact) mass is 295 g/mol. The Labute approximate surface area is 125 Å². The number of halogens is 1. The number of nitrogens with zero attached hydrogens (tertiary/aromatic N) is 2. The normalized spacial score (nSPS) is 20.1. The summed E-state index contributed by atoms with van der Waals surface area (Å²) in [6.45, 7) is 3.05. The summed E-state index contributed by atoms with van der Waals surface area (Å²) in [6, 6.07) is 2.23. The standard InChI is InChI=1S/C15H22ClN3O/c1-18-10-12(16)8-14(18)15(20)19(13-2-3-13)9-11-4-6-17-7-5-11/h8,10-11,13,17H,2-7,9H2,1H3. The summed E-state index contributed by atoms with van der Waals surface area (Å²) in [5.41, 5.74) is 0.704. The average molecular weight is 296 g/mol. The van der Waals surface area contributed by atoms with Crippen molar-refractivity contribution >= 4 is 17.5 Å². The first-order valence-electron chi connectivity index (χ1n) is 7.48. The molecule has 2 fully saturated rings. The van der Waals surface area contributed by atoms with Gasteiger partial charge in [-0.2, -0.15) is 0 Å². The molecule has 0 spiro atoms. The van der Waals surface area contributed by atoms with Gasteiger partial charge in [-0.3, -0.25) is 4.79 Å². The van der Waals surface area contributed by atoms with Gasteiger partial charge in [0.05, 0.1) is 5.02 Å². The van der Waals surface area contributed by atoms with Gasteiger partial charge in [-0.1, -0.05) is 11.6 Å². The van der Waals surface area contributed by atoms with E-state index in [1.54, 1.807) is 12.3 Å². The number of hydrogen-bond acceptors (Lipinski definition) is 2. The summed E-state index contributed by atoms with van der Waals surface area (Å²) in [7, 11) is 1.88. The highest BCUT2D eigenvalue weighted by molar-refractivity contribution is 6.31. The lowest BCUT2D eigenvalue weighted by Crippen LogP contribution is -2.41. The third-order valence-electron chi connectivity index (χ3n) is 4.35. The summed E-state index contributed by atoms with van der Waals surface area (Å²) in [5.74, 6) is 0.775. The molecule has 0 unspecified atom stereocenters. The lowest BCUT2D eigenvalue weighted by Gasteiger charge is -2.30. The Morgan fingerprint density at radius 1 is 1.40 bits per heavy atom. The highest BCUT2D eigenvalue weighted by Crippen LogP contribution is 2.30. The Kier molecular flexibility index (Phi) is 4.03. The van der Waals surface area contributed by atoms with Gasteiger partial charge in [-0.05, 0) is 50.8 Å². The van der Waals surface area contributed by atoms with Crippen LogP contribution in [0, 0.1) is 5.92 Å². The van der Waals surface area contributed by atoms with E-state index >= 15 is 0 Å². The molecule has 1 aliphatic carbocycles. The van der Waals surface area contributed by atoms with Crippen molar-refractivity contribution in [2.45, 2.75) is 31.7 Å². The Balaban J connectivity index is 1.72. The minimum atomic E-state index is 0.139. The van der Waals surface area contributed by atoms with Gasteiger partial charge in [0.2, 0.25) is 0 Å². The zero-order valence-electron chi connectivity index (χ0n) is 11.9. The molecule has 4 nitrogen and oxygen atoms in total. The predicted molar refractivity (Wildman–Crippen MR) is 80.1 cm³/mol. The fourth-order valence-electron chi connectivity index (χ4n) is 3.01. The Morgan fingerprint density at radius 2 is 2.10 bits per heavy atom. The Morgan fingerprint density at radius 3 is 2.65 bits per heavy atom. The largest absolute Gasteiger partial charge is 0.345 e. The van der Waals surface area contributed by atoms with Crippen LogP contribution in [-0.4, -0.2) is 41.1 Å². The van der Waals surface area contributed by atoms with Crippen molar-refractivity contribution < 1.29 is 4.79 Å². The van der Waals surface area contributed by atoms with E-state index in [0.29, 0.717) is 22.7 Å². The van der Waals surface area contributed by atoms with E-state index in [0.717, 1.165) is 32.5 Å². The van der Waals surface area contributed by atoms with E-state index < -0.39 is 0 Å². The highest BCUT2D eigenvalue weighted by atomic mass is 35.5. The molecule has 0 radical (unpaired) electrons. The number of amides is 1. The molecule has 0 bridgehead atoms. The maximum Gasteiger partial charge on any atom is 0.270 e. The Bertz CT molecular complexity index is 489. The molecule has 1 N–H and O–H groups in total. The lowest BCUT2D eigenvalue weighted by atomic mass is 9.97. The highest BCUT2D eigenvalue weighted by Gasteiger charge is 2.35.